The number of nitrogens with two attached hydrogens (primary N) is 1. The number of carbonyl (C=O) groups is 1. The van der Waals surface area contributed by atoms with Gasteiger partial charge in [0.15, 0.2) is 11.0 Å². The monoisotopic (exact) mass is 182 g/mol. The number of anilines is 1. The van der Waals surface area contributed by atoms with Gasteiger partial charge >= 0.3 is 0 Å². The number of hydrogen-bond donors (Lipinski definition) is 2. The molecule has 1 unspecified atom stereocenters. The van der Waals surface area contributed by atoms with Gasteiger partial charge in [-0.1, -0.05) is 6.07 Å². The van der Waals surface area contributed by atoms with E-state index in [0.29, 0.717) is 16.1 Å². The molecule has 3 N–H and O–H groups in total. The average Bonchev–Trinajstić information content (AvgIpc) is 2.29. The lowest BCUT2D eigenvalue weighted by Crippen LogP contribution is -2.16. The fourth-order valence-electron chi connectivity index (χ4n) is 1.14. The van der Waals surface area contributed by atoms with Crippen molar-refractivity contribution in [1.29, 1.82) is 0 Å². The first-order valence-corrected chi connectivity index (χ1v) is 4.46. The molecule has 0 bridgehead atoms. The highest BCUT2D eigenvalue weighted by Gasteiger charge is 2.27. The molecule has 0 radical (unpaired) electrons. The second kappa shape index (κ2) is 2.31. The molecular weight excluding hydrogens is 176 g/mol. The van der Waals surface area contributed by atoms with Crippen molar-refractivity contribution in [3.8, 4) is 0 Å². The standard InChI is InChI=1S/C7H6N2O2S/c8-4-2-1-3-5-6(4)7(10)9-12(5)11/h1-3H,8H2,(H,9,10). The summed E-state index contributed by atoms with van der Waals surface area (Å²) in [5.74, 6) is -0.360. The van der Waals surface area contributed by atoms with E-state index in [9.17, 15) is 9.00 Å². The maximum Gasteiger partial charge on any atom is 0.266 e. The molecule has 1 aliphatic heterocycles. The minimum atomic E-state index is -1.42. The predicted molar refractivity (Wildman–Crippen MR) is 44.7 cm³/mol. The van der Waals surface area contributed by atoms with E-state index in [1.165, 1.54) is 0 Å². The van der Waals surface area contributed by atoms with E-state index >= 15 is 0 Å². The van der Waals surface area contributed by atoms with E-state index < -0.39 is 11.0 Å². The molecule has 0 aromatic heterocycles. The molecule has 1 aliphatic rings. The lowest BCUT2D eigenvalue weighted by molar-refractivity contribution is 0.0987. The summed E-state index contributed by atoms with van der Waals surface area (Å²) in [6.07, 6.45) is 0. The maximum atomic E-state index is 11.2. The lowest BCUT2D eigenvalue weighted by atomic mass is 10.2. The number of hydrogen-bond acceptors (Lipinski definition) is 3. The zero-order valence-electron chi connectivity index (χ0n) is 6.03. The molecule has 1 aromatic rings. The molecule has 1 amide bonds. The molecule has 2 rings (SSSR count). The van der Waals surface area contributed by atoms with Gasteiger partial charge in [-0.05, 0) is 12.1 Å². The molecule has 1 heterocycles. The minimum absolute atomic E-state index is 0.343. The van der Waals surface area contributed by atoms with Crippen LogP contribution < -0.4 is 10.5 Å². The topological polar surface area (TPSA) is 72.2 Å². The third-order valence-corrected chi connectivity index (χ3v) is 2.78. The van der Waals surface area contributed by atoms with Crippen LogP contribution in [0.1, 0.15) is 10.4 Å². The highest BCUT2D eigenvalue weighted by atomic mass is 32.2. The van der Waals surface area contributed by atoms with Crippen molar-refractivity contribution in [3.05, 3.63) is 23.8 Å². The predicted octanol–water partition coefficient (Wildman–Crippen LogP) is 0.0348. The van der Waals surface area contributed by atoms with E-state index in [1.54, 1.807) is 18.2 Å². The lowest BCUT2D eigenvalue weighted by Gasteiger charge is -1.96. The van der Waals surface area contributed by atoms with E-state index in [-0.39, 0.29) is 5.91 Å². The van der Waals surface area contributed by atoms with Gasteiger partial charge in [-0.2, -0.15) is 0 Å². The third-order valence-electron chi connectivity index (χ3n) is 1.67. The van der Waals surface area contributed by atoms with E-state index in [1.807, 2.05) is 0 Å². The van der Waals surface area contributed by atoms with Gasteiger partial charge in [0.1, 0.15) is 0 Å². The molecule has 12 heavy (non-hydrogen) atoms. The molecule has 0 saturated heterocycles. The van der Waals surface area contributed by atoms with Crippen LogP contribution in [0.4, 0.5) is 5.69 Å². The van der Waals surface area contributed by atoms with Crippen molar-refractivity contribution in [1.82, 2.24) is 4.72 Å². The first-order chi connectivity index (χ1) is 5.70. The summed E-state index contributed by atoms with van der Waals surface area (Å²) in [5, 5.41) is 0. The van der Waals surface area contributed by atoms with Gasteiger partial charge in [0.2, 0.25) is 0 Å². The Bertz CT molecular complexity index is 389. The third kappa shape index (κ3) is 0.831. The molecule has 5 heteroatoms. The van der Waals surface area contributed by atoms with Crippen molar-refractivity contribution in [2.45, 2.75) is 4.90 Å². The number of rotatable bonds is 0. The van der Waals surface area contributed by atoms with E-state index in [0.717, 1.165) is 0 Å². The summed E-state index contributed by atoms with van der Waals surface area (Å²) in [6, 6.07) is 4.91. The molecule has 0 spiro atoms. The number of amides is 1. The van der Waals surface area contributed by atoms with Crippen molar-refractivity contribution in [2.24, 2.45) is 0 Å². The molecular formula is C7H6N2O2S. The van der Waals surface area contributed by atoms with Gasteiger partial charge < -0.3 is 5.73 Å². The Kier molecular flexibility index (Phi) is 1.41. The molecule has 4 nitrogen and oxygen atoms in total. The quantitative estimate of drug-likeness (QED) is 0.556. The van der Waals surface area contributed by atoms with Crippen LogP contribution in [0.15, 0.2) is 23.1 Å². The number of nitrogen functional groups attached to an aromatic ring is 1. The van der Waals surface area contributed by atoms with Crippen molar-refractivity contribution < 1.29 is 9.00 Å². The second-order valence-electron chi connectivity index (χ2n) is 2.42. The van der Waals surface area contributed by atoms with Crippen molar-refractivity contribution in [2.75, 3.05) is 5.73 Å². The summed E-state index contributed by atoms with van der Waals surface area (Å²) in [5.41, 5.74) is 6.24. The summed E-state index contributed by atoms with van der Waals surface area (Å²) in [6.45, 7) is 0. The fourth-order valence-corrected chi connectivity index (χ4v) is 2.11. The van der Waals surface area contributed by atoms with Crippen LogP contribution in [0.25, 0.3) is 0 Å². The number of fused-ring (bicyclic) bond motifs is 1. The van der Waals surface area contributed by atoms with Gasteiger partial charge in [-0.25, -0.2) is 4.21 Å². The fraction of sp³-hybridized carbons (Fsp3) is 0. The van der Waals surface area contributed by atoms with Crippen molar-refractivity contribution >= 4 is 22.6 Å². The van der Waals surface area contributed by atoms with E-state index in [2.05, 4.69) is 4.72 Å². The van der Waals surface area contributed by atoms with Gasteiger partial charge in [0.05, 0.1) is 10.5 Å². The smallest absolute Gasteiger partial charge is 0.266 e. The second-order valence-corrected chi connectivity index (χ2v) is 3.60. The highest BCUT2D eigenvalue weighted by molar-refractivity contribution is 7.84. The maximum absolute atomic E-state index is 11.2. The van der Waals surface area contributed by atoms with Gasteiger partial charge in [0, 0.05) is 5.69 Å². The van der Waals surface area contributed by atoms with E-state index in [4.69, 9.17) is 5.73 Å². The minimum Gasteiger partial charge on any atom is -0.398 e. The SMILES string of the molecule is Nc1cccc2c1C(=O)NS2=O. The summed E-state index contributed by atoms with van der Waals surface area (Å²) in [4.78, 5) is 11.6. The summed E-state index contributed by atoms with van der Waals surface area (Å²) >= 11 is 0. The van der Waals surface area contributed by atoms with Crippen LogP contribution in [0, 0.1) is 0 Å². The normalized spacial score (nSPS) is 20.3. The molecule has 1 atom stereocenters. The first-order valence-electron chi connectivity index (χ1n) is 3.31. The zero-order chi connectivity index (χ0) is 8.72. The zero-order valence-corrected chi connectivity index (χ0v) is 6.85. The molecule has 62 valence electrons. The molecule has 1 aromatic carbocycles. The molecule has 0 saturated carbocycles. The molecule has 0 fully saturated rings. The van der Waals surface area contributed by atoms with Crippen LogP contribution in [0.2, 0.25) is 0 Å². The highest BCUT2D eigenvalue weighted by Crippen LogP contribution is 2.24. The van der Waals surface area contributed by atoms with Gasteiger partial charge in [-0.3, -0.25) is 9.52 Å². The Morgan fingerprint density at radius 2 is 2.17 bits per heavy atom. The largest absolute Gasteiger partial charge is 0.398 e. The Hall–Kier alpha value is -1.36. The number of benzene rings is 1. The average molecular weight is 182 g/mol. The van der Waals surface area contributed by atoms with Crippen LogP contribution in [-0.4, -0.2) is 10.1 Å². The summed E-state index contributed by atoms with van der Waals surface area (Å²) in [7, 11) is -1.42. The Morgan fingerprint density at radius 3 is 2.83 bits per heavy atom. The number of nitrogens with one attached hydrogen (secondary N) is 1. The molecule has 0 aliphatic carbocycles. The van der Waals surface area contributed by atoms with Crippen LogP contribution in [0.5, 0.6) is 0 Å². The van der Waals surface area contributed by atoms with Gasteiger partial charge in [0.25, 0.3) is 5.91 Å². The van der Waals surface area contributed by atoms with Crippen LogP contribution in [-0.2, 0) is 11.0 Å². The Labute approximate surface area is 71.4 Å². The van der Waals surface area contributed by atoms with Crippen molar-refractivity contribution in [3.63, 3.8) is 0 Å². The van der Waals surface area contributed by atoms with Crippen LogP contribution in [0.3, 0.4) is 0 Å². The van der Waals surface area contributed by atoms with Gasteiger partial charge in [-0.15, -0.1) is 0 Å². The summed E-state index contributed by atoms with van der Waals surface area (Å²) < 4.78 is 13.4. The van der Waals surface area contributed by atoms with Crippen LogP contribution >= 0.6 is 0 Å². The first kappa shape index (κ1) is 7.30. The number of carbonyl (C=O) groups excluding carboxylic acids is 1. The Morgan fingerprint density at radius 1 is 1.42 bits per heavy atom. The Balaban J connectivity index is 2.75.